The van der Waals surface area contributed by atoms with E-state index in [0.717, 1.165) is 4.47 Å². The van der Waals surface area contributed by atoms with Gasteiger partial charge in [-0.25, -0.2) is 10.2 Å². The summed E-state index contributed by atoms with van der Waals surface area (Å²) in [5.74, 6) is -0.0989. The Labute approximate surface area is 182 Å². The molecule has 0 aliphatic carbocycles. The summed E-state index contributed by atoms with van der Waals surface area (Å²) < 4.78 is 11.7. The van der Waals surface area contributed by atoms with Crippen LogP contribution in [-0.2, 0) is 0 Å². The van der Waals surface area contributed by atoms with Crippen LogP contribution in [0.3, 0.4) is 0 Å². The van der Waals surface area contributed by atoms with Crippen LogP contribution in [0.4, 0.5) is 0 Å². The Morgan fingerprint density at radius 1 is 1.00 bits per heavy atom. The van der Waals surface area contributed by atoms with Crippen LogP contribution in [0.5, 0.6) is 11.5 Å². The molecule has 1 N–H and O–H groups in total. The number of esters is 1. The second-order valence-corrected chi connectivity index (χ2v) is 6.98. The van der Waals surface area contributed by atoms with Gasteiger partial charge in [0.05, 0.1) is 23.9 Å². The normalized spacial score (nSPS) is 10.6. The Balaban J connectivity index is 1.72. The fourth-order valence-corrected chi connectivity index (χ4v) is 2.96. The molecule has 7 heteroatoms. The predicted molar refractivity (Wildman–Crippen MR) is 118 cm³/mol. The number of ether oxygens (including phenoxy) is 2. The Kier molecular flexibility index (Phi) is 7.34. The number of halogens is 1. The number of hydrazone groups is 1. The van der Waals surface area contributed by atoms with Gasteiger partial charge in [-0.2, -0.15) is 5.10 Å². The first-order chi connectivity index (χ1) is 14.6. The van der Waals surface area contributed by atoms with Crippen molar-refractivity contribution >= 4 is 34.0 Å². The number of carbonyl (C=O) groups excluding carboxylic acids is 2. The van der Waals surface area contributed by atoms with E-state index in [-0.39, 0.29) is 0 Å². The molecule has 3 aromatic rings. The van der Waals surface area contributed by atoms with E-state index in [2.05, 4.69) is 26.5 Å². The fourth-order valence-electron chi connectivity index (χ4n) is 2.59. The molecule has 0 aliphatic heterocycles. The summed E-state index contributed by atoms with van der Waals surface area (Å²) in [5.41, 5.74) is 3.81. The van der Waals surface area contributed by atoms with Crippen molar-refractivity contribution in [2.75, 3.05) is 6.61 Å². The maximum Gasteiger partial charge on any atom is 0.343 e. The Bertz CT molecular complexity index is 1070. The molecule has 0 heterocycles. The van der Waals surface area contributed by atoms with Crippen molar-refractivity contribution < 1.29 is 19.1 Å². The molecule has 0 atom stereocenters. The molecular formula is C23H19BrN2O4. The Morgan fingerprint density at radius 3 is 2.50 bits per heavy atom. The number of amides is 1. The summed E-state index contributed by atoms with van der Waals surface area (Å²) >= 11 is 3.35. The minimum absolute atomic E-state index is 0.335. The zero-order chi connectivity index (χ0) is 21.3. The highest BCUT2D eigenvalue weighted by Crippen LogP contribution is 2.23. The van der Waals surface area contributed by atoms with Crippen molar-refractivity contribution in [3.05, 3.63) is 94.0 Å². The van der Waals surface area contributed by atoms with E-state index in [1.165, 1.54) is 6.21 Å². The highest BCUT2D eigenvalue weighted by molar-refractivity contribution is 9.10. The van der Waals surface area contributed by atoms with Gasteiger partial charge in [0, 0.05) is 10.0 Å². The van der Waals surface area contributed by atoms with Crippen molar-refractivity contribution in [1.82, 2.24) is 5.43 Å². The highest BCUT2D eigenvalue weighted by Gasteiger charge is 2.13. The lowest BCUT2D eigenvalue weighted by atomic mass is 10.2. The second kappa shape index (κ2) is 10.4. The molecule has 1 amide bonds. The van der Waals surface area contributed by atoms with E-state index < -0.39 is 11.9 Å². The second-order valence-electron chi connectivity index (χ2n) is 6.07. The van der Waals surface area contributed by atoms with E-state index >= 15 is 0 Å². The average molecular weight is 467 g/mol. The smallest absolute Gasteiger partial charge is 0.343 e. The Hall–Kier alpha value is -3.45. The zero-order valence-corrected chi connectivity index (χ0v) is 17.8. The first kappa shape index (κ1) is 21.3. The predicted octanol–water partition coefficient (Wildman–Crippen LogP) is 4.83. The van der Waals surface area contributed by atoms with Gasteiger partial charge in [-0.1, -0.05) is 46.3 Å². The SMILES string of the molecule is CCOc1ccc(Br)cc1C(=O)NN=Cc1ccccc1OC(=O)c1ccccc1. The van der Waals surface area contributed by atoms with Gasteiger partial charge in [0.2, 0.25) is 0 Å². The van der Waals surface area contributed by atoms with E-state index in [9.17, 15) is 9.59 Å². The van der Waals surface area contributed by atoms with Crippen molar-refractivity contribution in [3.63, 3.8) is 0 Å². The molecular weight excluding hydrogens is 448 g/mol. The quantitative estimate of drug-likeness (QED) is 0.234. The first-order valence-electron chi connectivity index (χ1n) is 9.20. The molecule has 0 spiro atoms. The number of nitrogens with zero attached hydrogens (tertiary/aromatic N) is 1. The summed E-state index contributed by atoms with van der Waals surface area (Å²) in [6.07, 6.45) is 1.42. The molecule has 30 heavy (non-hydrogen) atoms. The molecule has 3 rings (SSSR count). The van der Waals surface area contributed by atoms with Gasteiger partial charge in [0.1, 0.15) is 11.5 Å². The van der Waals surface area contributed by atoms with Gasteiger partial charge >= 0.3 is 5.97 Å². The molecule has 6 nitrogen and oxygen atoms in total. The van der Waals surface area contributed by atoms with Crippen LogP contribution in [0.1, 0.15) is 33.2 Å². The van der Waals surface area contributed by atoms with Crippen LogP contribution in [0.15, 0.2) is 82.4 Å². The maximum absolute atomic E-state index is 12.5. The topological polar surface area (TPSA) is 77.0 Å². The monoisotopic (exact) mass is 466 g/mol. The molecule has 0 bridgehead atoms. The average Bonchev–Trinajstić information content (AvgIpc) is 2.76. The first-order valence-corrected chi connectivity index (χ1v) is 9.99. The largest absolute Gasteiger partial charge is 0.493 e. The van der Waals surface area contributed by atoms with Crippen molar-refractivity contribution in [1.29, 1.82) is 0 Å². The minimum Gasteiger partial charge on any atom is -0.493 e. The van der Waals surface area contributed by atoms with Crippen LogP contribution in [0.25, 0.3) is 0 Å². The number of para-hydroxylation sites is 1. The number of hydrogen-bond acceptors (Lipinski definition) is 5. The third-order valence-corrected chi connectivity index (χ3v) is 4.48. The van der Waals surface area contributed by atoms with E-state index in [1.54, 1.807) is 66.7 Å². The molecule has 0 saturated carbocycles. The number of hydrogen-bond donors (Lipinski definition) is 1. The van der Waals surface area contributed by atoms with E-state index in [1.807, 2.05) is 13.0 Å². The molecule has 0 unspecified atom stereocenters. The summed E-state index contributed by atoms with van der Waals surface area (Å²) in [5, 5.41) is 4.00. The number of rotatable bonds is 7. The summed E-state index contributed by atoms with van der Waals surface area (Å²) in [4.78, 5) is 24.8. The third kappa shape index (κ3) is 5.55. The lowest BCUT2D eigenvalue weighted by Gasteiger charge is -2.09. The van der Waals surface area contributed by atoms with Crippen LogP contribution in [-0.4, -0.2) is 24.7 Å². The van der Waals surface area contributed by atoms with Crippen LogP contribution < -0.4 is 14.9 Å². The molecule has 0 fully saturated rings. The standard InChI is InChI=1S/C23H19BrN2O4/c1-2-29-21-13-12-18(24)14-19(21)22(27)26-25-15-17-10-6-7-11-20(17)30-23(28)16-8-4-3-5-9-16/h3-15H,2H2,1H3,(H,26,27). The number of carbonyl (C=O) groups is 2. The molecule has 3 aromatic carbocycles. The maximum atomic E-state index is 12.5. The van der Waals surface area contributed by atoms with Crippen molar-refractivity contribution in [3.8, 4) is 11.5 Å². The summed E-state index contributed by atoms with van der Waals surface area (Å²) in [6, 6.07) is 20.8. The molecule has 0 saturated heterocycles. The van der Waals surface area contributed by atoms with Crippen molar-refractivity contribution in [2.45, 2.75) is 6.92 Å². The minimum atomic E-state index is -0.476. The zero-order valence-electron chi connectivity index (χ0n) is 16.2. The van der Waals surface area contributed by atoms with Gasteiger partial charge in [0.25, 0.3) is 5.91 Å². The number of nitrogens with one attached hydrogen (secondary N) is 1. The third-order valence-electron chi connectivity index (χ3n) is 3.99. The van der Waals surface area contributed by atoms with Gasteiger partial charge in [-0.05, 0) is 49.4 Å². The van der Waals surface area contributed by atoms with Gasteiger partial charge in [-0.3, -0.25) is 4.79 Å². The van der Waals surface area contributed by atoms with Crippen molar-refractivity contribution in [2.24, 2.45) is 5.10 Å². The van der Waals surface area contributed by atoms with Gasteiger partial charge < -0.3 is 9.47 Å². The van der Waals surface area contributed by atoms with Crippen LogP contribution >= 0.6 is 15.9 Å². The van der Waals surface area contributed by atoms with Crippen LogP contribution in [0, 0.1) is 0 Å². The van der Waals surface area contributed by atoms with E-state index in [4.69, 9.17) is 9.47 Å². The Morgan fingerprint density at radius 2 is 1.73 bits per heavy atom. The lowest BCUT2D eigenvalue weighted by molar-refractivity contribution is 0.0734. The van der Waals surface area contributed by atoms with E-state index in [0.29, 0.717) is 34.8 Å². The van der Waals surface area contributed by atoms with Gasteiger partial charge in [-0.15, -0.1) is 0 Å². The van der Waals surface area contributed by atoms with Gasteiger partial charge in [0.15, 0.2) is 0 Å². The lowest BCUT2D eigenvalue weighted by Crippen LogP contribution is -2.19. The molecule has 0 aromatic heterocycles. The fraction of sp³-hybridized carbons (Fsp3) is 0.0870. The van der Waals surface area contributed by atoms with Crippen LogP contribution in [0.2, 0.25) is 0 Å². The highest BCUT2D eigenvalue weighted by atomic mass is 79.9. The molecule has 0 aliphatic rings. The molecule has 152 valence electrons. The summed E-state index contributed by atoms with van der Waals surface area (Å²) in [7, 11) is 0. The summed E-state index contributed by atoms with van der Waals surface area (Å²) in [6.45, 7) is 2.28. The number of benzene rings is 3. The molecule has 0 radical (unpaired) electrons.